The van der Waals surface area contributed by atoms with Crippen molar-refractivity contribution in [3.63, 3.8) is 0 Å². The van der Waals surface area contributed by atoms with Gasteiger partial charge in [0.2, 0.25) is 0 Å². The van der Waals surface area contributed by atoms with E-state index in [4.69, 9.17) is 0 Å². The molecule has 2 nitrogen and oxygen atoms in total. The van der Waals surface area contributed by atoms with Crippen LogP contribution in [0.5, 0.6) is 0 Å². The van der Waals surface area contributed by atoms with Crippen LogP contribution in [0, 0.1) is 0 Å². The standard InChI is InChI=1S/C4H10N2/c1-2-4-3-5-6-4/h4-6H,2-3H2,1H3. The lowest BCUT2D eigenvalue weighted by Gasteiger charge is -2.27. The number of nitrogens with one attached hydrogen (secondary N) is 2. The molecule has 0 amide bonds. The van der Waals surface area contributed by atoms with Gasteiger partial charge in [-0.25, -0.2) is 0 Å². The molecule has 1 heterocycles. The zero-order valence-corrected chi connectivity index (χ0v) is 3.99. The quantitative estimate of drug-likeness (QED) is 0.464. The van der Waals surface area contributed by atoms with Crippen LogP contribution in [0.25, 0.3) is 0 Å². The Morgan fingerprint density at radius 1 is 1.83 bits per heavy atom. The van der Waals surface area contributed by atoms with Gasteiger partial charge in [0.05, 0.1) is 0 Å². The van der Waals surface area contributed by atoms with Crippen LogP contribution in [0.1, 0.15) is 13.3 Å². The fourth-order valence-electron chi connectivity index (χ4n) is 0.493. The molecule has 0 aromatic heterocycles. The first-order valence-corrected chi connectivity index (χ1v) is 2.42. The Balaban J connectivity index is 2.01. The third kappa shape index (κ3) is 0.533. The second kappa shape index (κ2) is 1.58. The fourth-order valence-corrected chi connectivity index (χ4v) is 0.493. The van der Waals surface area contributed by atoms with E-state index in [1.807, 2.05) is 0 Å². The third-order valence-corrected chi connectivity index (χ3v) is 1.15. The van der Waals surface area contributed by atoms with Crippen molar-refractivity contribution < 1.29 is 0 Å². The minimum Gasteiger partial charge on any atom is -0.256 e. The van der Waals surface area contributed by atoms with Gasteiger partial charge in [0.25, 0.3) is 0 Å². The summed E-state index contributed by atoms with van der Waals surface area (Å²) in [5.41, 5.74) is 6.01. The third-order valence-electron chi connectivity index (χ3n) is 1.15. The number of hydrogen-bond acceptors (Lipinski definition) is 2. The zero-order valence-electron chi connectivity index (χ0n) is 3.99. The molecule has 6 heavy (non-hydrogen) atoms. The van der Waals surface area contributed by atoms with Crippen LogP contribution in [0.4, 0.5) is 0 Å². The lowest BCUT2D eigenvalue weighted by molar-refractivity contribution is 0.293. The van der Waals surface area contributed by atoms with Crippen LogP contribution in [-0.2, 0) is 0 Å². The molecule has 0 aliphatic carbocycles. The van der Waals surface area contributed by atoms with Gasteiger partial charge in [-0.1, -0.05) is 6.92 Å². The molecule has 2 heteroatoms. The summed E-state index contributed by atoms with van der Waals surface area (Å²) in [6.07, 6.45) is 1.24. The first-order valence-electron chi connectivity index (χ1n) is 2.42. The molecule has 1 aliphatic rings. The van der Waals surface area contributed by atoms with Gasteiger partial charge in [0, 0.05) is 12.6 Å². The van der Waals surface area contributed by atoms with Crippen molar-refractivity contribution in [1.82, 2.24) is 10.9 Å². The number of hydrazine groups is 1. The number of hydrogen-bond donors (Lipinski definition) is 2. The van der Waals surface area contributed by atoms with Crippen molar-refractivity contribution in [2.45, 2.75) is 19.4 Å². The lowest BCUT2D eigenvalue weighted by Crippen LogP contribution is -2.58. The molecule has 0 aromatic rings. The molecule has 36 valence electrons. The Hall–Kier alpha value is -0.0800. The van der Waals surface area contributed by atoms with E-state index in [9.17, 15) is 0 Å². The average molecular weight is 86.1 g/mol. The second-order valence-electron chi connectivity index (χ2n) is 1.63. The maximum absolute atomic E-state index is 3.05. The smallest absolute Gasteiger partial charge is 0.0349 e. The molecule has 0 radical (unpaired) electrons. The van der Waals surface area contributed by atoms with Crippen molar-refractivity contribution in [1.29, 1.82) is 0 Å². The summed E-state index contributed by atoms with van der Waals surface area (Å²) in [6.45, 7) is 3.33. The highest BCUT2D eigenvalue weighted by atomic mass is 15.4. The van der Waals surface area contributed by atoms with Crippen molar-refractivity contribution in [2.75, 3.05) is 6.54 Å². The first kappa shape index (κ1) is 4.09. The summed E-state index contributed by atoms with van der Waals surface area (Å²) < 4.78 is 0. The highest BCUT2D eigenvalue weighted by Gasteiger charge is 2.10. The SMILES string of the molecule is CCC1CNN1. The highest BCUT2D eigenvalue weighted by Crippen LogP contribution is 1.91. The summed E-state index contributed by atoms with van der Waals surface area (Å²) >= 11 is 0. The van der Waals surface area contributed by atoms with E-state index in [1.165, 1.54) is 6.42 Å². The molecular formula is C4H10N2. The van der Waals surface area contributed by atoms with Crippen LogP contribution in [0.3, 0.4) is 0 Å². The summed E-state index contributed by atoms with van der Waals surface area (Å²) in [7, 11) is 0. The summed E-state index contributed by atoms with van der Waals surface area (Å²) in [5.74, 6) is 0. The second-order valence-corrected chi connectivity index (χ2v) is 1.63. The van der Waals surface area contributed by atoms with Gasteiger partial charge in [-0.3, -0.25) is 10.9 Å². The Bertz CT molecular complexity index is 38.1. The molecule has 0 saturated carbocycles. The molecule has 2 N–H and O–H groups in total. The average Bonchev–Trinajstić information content (AvgIpc) is 1.31. The van der Waals surface area contributed by atoms with Crippen molar-refractivity contribution in [2.24, 2.45) is 0 Å². The van der Waals surface area contributed by atoms with Crippen molar-refractivity contribution in [3.8, 4) is 0 Å². The molecule has 0 bridgehead atoms. The molecule has 1 fully saturated rings. The fraction of sp³-hybridized carbons (Fsp3) is 1.00. The van der Waals surface area contributed by atoms with Crippen LogP contribution in [0.2, 0.25) is 0 Å². The molecule has 1 atom stereocenters. The molecule has 1 saturated heterocycles. The van der Waals surface area contributed by atoms with Crippen LogP contribution in [-0.4, -0.2) is 12.6 Å². The summed E-state index contributed by atoms with van der Waals surface area (Å²) in [4.78, 5) is 0. The van der Waals surface area contributed by atoms with E-state index in [-0.39, 0.29) is 0 Å². The Morgan fingerprint density at radius 3 is 2.50 bits per heavy atom. The molecule has 0 aromatic carbocycles. The van der Waals surface area contributed by atoms with Gasteiger partial charge in [0.1, 0.15) is 0 Å². The van der Waals surface area contributed by atoms with Gasteiger partial charge < -0.3 is 0 Å². The molecule has 1 unspecified atom stereocenters. The van der Waals surface area contributed by atoms with Crippen molar-refractivity contribution in [3.05, 3.63) is 0 Å². The summed E-state index contributed by atoms with van der Waals surface area (Å²) in [5, 5.41) is 0. The van der Waals surface area contributed by atoms with Crippen molar-refractivity contribution >= 4 is 0 Å². The van der Waals surface area contributed by atoms with Gasteiger partial charge in [-0.15, -0.1) is 0 Å². The molecular weight excluding hydrogens is 76.1 g/mol. The van der Waals surface area contributed by atoms with E-state index >= 15 is 0 Å². The van der Waals surface area contributed by atoms with E-state index in [2.05, 4.69) is 17.8 Å². The predicted molar refractivity (Wildman–Crippen MR) is 25.2 cm³/mol. The maximum atomic E-state index is 3.05. The topological polar surface area (TPSA) is 24.1 Å². The van der Waals surface area contributed by atoms with E-state index in [1.54, 1.807) is 0 Å². The van der Waals surface area contributed by atoms with E-state index in [0.29, 0.717) is 0 Å². The zero-order chi connectivity index (χ0) is 4.41. The minimum atomic E-state index is 0.755. The lowest BCUT2D eigenvalue weighted by atomic mass is 10.2. The van der Waals surface area contributed by atoms with Gasteiger partial charge >= 0.3 is 0 Å². The van der Waals surface area contributed by atoms with Gasteiger partial charge in [0.15, 0.2) is 0 Å². The van der Waals surface area contributed by atoms with Crippen LogP contribution < -0.4 is 10.9 Å². The van der Waals surface area contributed by atoms with Gasteiger partial charge in [-0.2, -0.15) is 0 Å². The normalized spacial score (nSPS) is 32.5. The Labute approximate surface area is 37.9 Å². The van der Waals surface area contributed by atoms with E-state index in [0.717, 1.165) is 12.6 Å². The molecule has 1 rings (SSSR count). The monoisotopic (exact) mass is 86.1 g/mol. The number of rotatable bonds is 1. The van der Waals surface area contributed by atoms with Crippen LogP contribution >= 0.6 is 0 Å². The Morgan fingerprint density at radius 2 is 2.50 bits per heavy atom. The minimum absolute atomic E-state index is 0.755. The highest BCUT2D eigenvalue weighted by molar-refractivity contribution is 4.71. The van der Waals surface area contributed by atoms with Crippen LogP contribution in [0.15, 0.2) is 0 Å². The van der Waals surface area contributed by atoms with Gasteiger partial charge in [-0.05, 0) is 6.42 Å². The maximum Gasteiger partial charge on any atom is 0.0349 e. The summed E-state index contributed by atoms with van der Waals surface area (Å²) in [6, 6.07) is 0.755. The Kier molecular flexibility index (Phi) is 1.08. The van der Waals surface area contributed by atoms with E-state index < -0.39 is 0 Å². The largest absolute Gasteiger partial charge is 0.256 e. The first-order chi connectivity index (χ1) is 2.93. The predicted octanol–water partition coefficient (Wildman–Crippen LogP) is -0.127. The molecule has 1 aliphatic heterocycles. The molecule has 0 spiro atoms.